The molecule has 1 saturated heterocycles. The van der Waals surface area contributed by atoms with Gasteiger partial charge in [0.05, 0.1) is 16.6 Å². The lowest BCUT2D eigenvalue weighted by Gasteiger charge is -2.33. The SMILES string of the molecule is CC1CCc2c(C(=O)N3CCC(n4c(=O)[nH]c5ccccc54)CC3)csc2C1. The fourth-order valence-electron chi connectivity index (χ4n) is 4.79. The molecule has 28 heavy (non-hydrogen) atoms. The van der Waals surface area contributed by atoms with Gasteiger partial charge in [-0.3, -0.25) is 9.36 Å². The van der Waals surface area contributed by atoms with Gasteiger partial charge in [-0.1, -0.05) is 19.1 Å². The van der Waals surface area contributed by atoms with E-state index in [0.29, 0.717) is 13.1 Å². The van der Waals surface area contributed by atoms with Gasteiger partial charge in [-0.25, -0.2) is 4.79 Å². The highest BCUT2D eigenvalue weighted by Gasteiger charge is 2.30. The average Bonchev–Trinajstić information content (AvgIpc) is 3.27. The van der Waals surface area contributed by atoms with Gasteiger partial charge in [-0.2, -0.15) is 0 Å². The molecule has 6 heteroatoms. The second-order valence-electron chi connectivity index (χ2n) is 8.24. The fourth-order valence-corrected chi connectivity index (χ4v) is 6.03. The molecule has 1 aliphatic carbocycles. The number of likely N-dealkylation sites (tertiary alicyclic amines) is 1. The number of nitrogens with zero attached hydrogens (tertiary/aromatic N) is 2. The van der Waals surface area contributed by atoms with Crippen molar-refractivity contribution in [3.05, 3.63) is 56.1 Å². The van der Waals surface area contributed by atoms with Gasteiger partial charge < -0.3 is 9.88 Å². The molecule has 2 aliphatic rings. The summed E-state index contributed by atoms with van der Waals surface area (Å²) >= 11 is 1.75. The fraction of sp³-hybridized carbons (Fsp3) is 0.455. The monoisotopic (exact) mass is 395 g/mol. The van der Waals surface area contributed by atoms with E-state index in [1.165, 1.54) is 16.9 Å². The molecular weight excluding hydrogens is 370 g/mol. The van der Waals surface area contributed by atoms with Crippen molar-refractivity contribution in [1.29, 1.82) is 0 Å². The lowest BCUT2D eigenvalue weighted by molar-refractivity contribution is 0.0694. The van der Waals surface area contributed by atoms with Crippen LogP contribution in [0.4, 0.5) is 0 Å². The lowest BCUT2D eigenvalue weighted by atomic mass is 9.88. The van der Waals surface area contributed by atoms with Crippen molar-refractivity contribution in [1.82, 2.24) is 14.5 Å². The number of carbonyl (C=O) groups is 1. The number of imidazole rings is 1. The summed E-state index contributed by atoms with van der Waals surface area (Å²) in [4.78, 5) is 31.9. The van der Waals surface area contributed by atoms with Gasteiger partial charge in [0.15, 0.2) is 0 Å². The summed E-state index contributed by atoms with van der Waals surface area (Å²) in [5.74, 6) is 0.899. The van der Waals surface area contributed by atoms with E-state index >= 15 is 0 Å². The lowest BCUT2D eigenvalue weighted by Crippen LogP contribution is -2.40. The van der Waals surface area contributed by atoms with Crippen LogP contribution in [0.2, 0.25) is 0 Å². The number of para-hydroxylation sites is 2. The standard InChI is InChI=1S/C22H25N3O2S/c1-14-6-7-16-17(13-28-20(16)12-14)21(26)24-10-8-15(9-11-24)25-19-5-3-2-4-18(19)23-22(25)27/h2-5,13-15H,6-12H2,1H3,(H,23,27). The molecule has 2 aromatic heterocycles. The molecule has 1 atom stereocenters. The predicted octanol–water partition coefficient (Wildman–Crippen LogP) is 3.99. The van der Waals surface area contributed by atoms with Crippen LogP contribution in [0.15, 0.2) is 34.4 Å². The maximum absolute atomic E-state index is 13.1. The second-order valence-corrected chi connectivity index (χ2v) is 9.20. The van der Waals surface area contributed by atoms with Crippen LogP contribution < -0.4 is 5.69 Å². The number of aromatic nitrogens is 2. The molecule has 0 saturated carbocycles. The van der Waals surface area contributed by atoms with E-state index in [4.69, 9.17) is 0 Å². The van der Waals surface area contributed by atoms with E-state index in [1.54, 1.807) is 11.3 Å². The normalized spacial score (nSPS) is 20.5. The number of nitrogens with one attached hydrogen (secondary N) is 1. The number of fused-ring (bicyclic) bond motifs is 2. The molecule has 0 radical (unpaired) electrons. The minimum Gasteiger partial charge on any atom is -0.338 e. The molecule has 1 amide bonds. The highest BCUT2D eigenvalue weighted by molar-refractivity contribution is 7.10. The third kappa shape index (κ3) is 2.91. The molecule has 1 unspecified atom stereocenters. The Balaban J connectivity index is 1.33. The molecule has 0 spiro atoms. The molecule has 3 aromatic rings. The van der Waals surface area contributed by atoms with Crippen molar-refractivity contribution in [2.24, 2.45) is 5.92 Å². The minimum absolute atomic E-state index is 0.0491. The van der Waals surface area contributed by atoms with Crippen molar-refractivity contribution in [2.75, 3.05) is 13.1 Å². The molecule has 1 fully saturated rings. The number of hydrogen-bond donors (Lipinski definition) is 1. The second kappa shape index (κ2) is 6.92. The average molecular weight is 396 g/mol. The number of rotatable bonds is 2. The van der Waals surface area contributed by atoms with E-state index < -0.39 is 0 Å². The van der Waals surface area contributed by atoms with E-state index in [0.717, 1.165) is 48.2 Å². The maximum atomic E-state index is 13.1. The summed E-state index contributed by atoms with van der Waals surface area (Å²) in [6.45, 7) is 3.70. The Hall–Kier alpha value is -2.34. The zero-order chi connectivity index (χ0) is 19.3. The van der Waals surface area contributed by atoms with E-state index in [2.05, 4.69) is 17.3 Å². The van der Waals surface area contributed by atoms with Crippen molar-refractivity contribution < 1.29 is 4.79 Å². The van der Waals surface area contributed by atoms with E-state index in [9.17, 15) is 9.59 Å². The predicted molar refractivity (Wildman–Crippen MR) is 112 cm³/mol. The number of H-pyrrole nitrogens is 1. The third-order valence-electron chi connectivity index (χ3n) is 6.37. The number of aromatic amines is 1. The Labute approximate surface area is 168 Å². The highest BCUT2D eigenvalue weighted by atomic mass is 32.1. The zero-order valence-corrected chi connectivity index (χ0v) is 16.9. The number of thiophene rings is 1. The van der Waals surface area contributed by atoms with Crippen LogP contribution in [-0.2, 0) is 12.8 Å². The van der Waals surface area contributed by atoms with Crippen LogP contribution >= 0.6 is 11.3 Å². The van der Waals surface area contributed by atoms with Gasteiger partial charge in [-0.15, -0.1) is 11.3 Å². The Morgan fingerprint density at radius 2 is 1.96 bits per heavy atom. The van der Waals surface area contributed by atoms with Crippen LogP contribution in [0.1, 0.15) is 53.0 Å². The summed E-state index contributed by atoms with van der Waals surface area (Å²) in [5, 5.41) is 2.07. The molecular formula is C22H25N3O2S. The Morgan fingerprint density at radius 1 is 1.18 bits per heavy atom. The maximum Gasteiger partial charge on any atom is 0.326 e. The van der Waals surface area contributed by atoms with E-state index in [1.807, 2.05) is 33.7 Å². The molecule has 0 bridgehead atoms. The van der Waals surface area contributed by atoms with E-state index in [-0.39, 0.29) is 17.6 Å². The van der Waals surface area contributed by atoms with Gasteiger partial charge in [0.2, 0.25) is 0 Å². The first-order valence-corrected chi connectivity index (χ1v) is 11.1. The number of piperidine rings is 1. The number of hydrogen-bond acceptors (Lipinski definition) is 3. The molecule has 1 N–H and O–H groups in total. The number of amides is 1. The summed E-state index contributed by atoms with van der Waals surface area (Å²) in [5.41, 5.74) is 4.01. The summed E-state index contributed by atoms with van der Waals surface area (Å²) < 4.78 is 1.88. The molecule has 146 valence electrons. The van der Waals surface area contributed by atoms with Gasteiger partial charge in [0.1, 0.15) is 0 Å². The minimum atomic E-state index is -0.0491. The Bertz CT molecular complexity index is 1080. The molecule has 1 aromatic carbocycles. The molecule has 5 nitrogen and oxygen atoms in total. The first-order valence-electron chi connectivity index (χ1n) is 10.2. The topological polar surface area (TPSA) is 58.1 Å². The van der Waals surface area contributed by atoms with Crippen molar-refractivity contribution >= 4 is 28.3 Å². The summed E-state index contributed by atoms with van der Waals surface area (Å²) in [6.07, 6.45) is 4.95. The largest absolute Gasteiger partial charge is 0.338 e. The van der Waals surface area contributed by atoms with Crippen molar-refractivity contribution in [2.45, 2.75) is 45.1 Å². The Kier molecular flexibility index (Phi) is 4.38. The Morgan fingerprint density at radius 3 is 2.79 bits per heavy atom. The first kappa shape index (κ1) is 17.7. The van der Waals surface area contributed by atoms with Crippen LogP contribution in [0.3, 0.4) is 0 Å². The quantitative estimate of drug-likeness (QED) is 0.713. The number of carbonyl (C=O) groups excluding carboxylic acids is 1. The van der Waals surface area contributed by atoms with Gasteiger partial charge in [0.25, 0.3) is 5.91 Å². The zero-order valence-electron chi connectivity index (χ0n) is 16.1. The third-order valence-corrected chi connectivity index (χ3v) is 7.42. The van der Waals surface area contributed by atoms with Gasteiger partial charge in [-0.05, 0) is 55.7 Å². The van der Waals surface area contributed by atoms with Gasteiger partial charge in [0, 0.05) is 29.4 Å². The summed E-state index contributed by atoms with van der Waals surface area (Å²) in [6, 6.07) is 7.97. The van der Waals surface area contributed by atoms with Crippen LogP contribution in [0.25, 0.3) is 11.0 Å². The van der Waals surface area contributed by atoms with Crippen molar-refractivity contribution in [3.8, 4) is 0 Å². The smallest absolute Gasteiger partial charge is 0.326 e. The highest BCUT2D eigenvalue weighted by Crippen LogP contribution is 2.34. The van der Waals surface area contributed by atoms with Crippen LogP contribution in [0.5, 0.6) is 0 Å². The van der Waals surface area contributed by atoms with Crippen LogP contribution in [-0.4, -0.2) is 33.4 Å². The van der Waals surface area contributed by atoms with Crippen LogP contribution in [0, 0.1) is 5.92 Å². The summed E-state index contributed by atoms with van der Waals surface area (Å²) in [7, 11) is 0. The molecule has 3 heterocycles. The van der Waals surface area contributed by atoms with Gasteiger partial charge >= 0.3 is 5.69 Å². The first-order chi connectivity index (χ1) is 13.6. The number of benzene rings is 1. The molecule has 5 rings (SSSR count). The van der Waals surface area contributed by atoms with Crippen molar-refractivity contribution in [3.63, 3.8) is 0 Å². The molecule has 1 aliphatic heterocycles.